The van der Waals surface area contributed by atoms with Crippen LogP contribution in [0.3, 0.4) is 0 Å². The summed E-state index contributed by atoms with van der Waals surface area (Å²) in [5.41, 5.74) is 5.99. The third-order valence-corrected chi connectivity index (χ3v) is 3.13. The summed E-state index contributed by atoms with van der Waals surface area (Å²) in [4.78, 5) is 0.685. The summed E-state index contributed by atoms with van der Waals surface area (Å²) in [6.45, 7) is 0. The maximum Gasteiger partial charge on any atom is 0.0627 e. The van der Waals surface area contributed by atoms with Crippen LogP contribution >= 0.6 is 24.8 Å². The van der Waals surface area contributed by atoms with Gasteiger partial charge in [0.15, 0.2) is 0 Å². The van der Waals surface area contributed by atoms with E-state index in [-0.39, 0.29) is 0 Å². The Hall–Kier alpha value is -1.82. The van der Waals surface area contributed by atoms with Crippen molar-refractivity contribution in [3.63, 3.8) is 0 Å². The van der Waals surface area contributed by atoms with Crippen molar-refractivity contribution in [2.24, 2.45) is 0 Å². The van der Waals surface area contributed by atoms with E-state index in [2.05, 4.69) is 23.4 Å². The third kappa shape index (κ3) is 3.82. The van der Waals surface area contributed by atoms with Crippen LogP contribution in [0.2, 0.25) is 0 Å². The monoisotopic (exact) mass is 280 g/mol. The predicted molar refractivity (Wildman–Crippen MR) is 89.4 cm³/mol. The van der Waals surface area contributed by atoms with Crippen molar-refractivity contribution < 1.29 is 0 Å². The van der Waals surface area contributed by atoms with Crippen LogP contribution in [0.5, 0.6) is 0 Å². The number of hydrogen-bond acceptors (Lipinski definition) is 2. The molecule has 19 heavy (non-hydrogen) atoms. The lowest BCUT2D eigenvalue weighted by atomic mass is 10.1. The third-order valence-electron chi connectivity index (χ3n) is 2.58. The van der Waals surface area contributed by atoms with E-state index in [1.54, 1.807) is 0 Å². The van der Waals surface area contributed by atoms with Gasteiger partial charge >= 0.3 is 0 Å². The molecule has 2 rings (SSSR count). The van der Waals surface area contributed by atoms with E-state index in [4.69, 9.17) is 12.2 Å². The second-order valence-electron chi connectivity index (χ2n) is 3.89. The Kier molecular flexibility index (Phi) is 4.97. The highest BCUT2D eigenvalue weighted by Crippen LogP contribution is 2.22. The predicted octanol–water partition coefficient (Wildman–Crippen LogP) is 4.79. The number of thiol groups is 1. The molecule has 0 aliphatic rings. The van der Waals surface area contributed by atoms with Gasteiger partial charge in [-0.05, 0) is 34.4 Å². The van der Waals surface area contributed by atoms with Gasteiger partial charge in [0.1, 0.15) is 0 Å². The van der Waals surface area contributed by atoms with Gasteiger partial charge in [-0.1, -0.05) is 60.7 Å². The van der Waals surface area contributed by atoms with Gasteiger partial charge in [-0.25, -0.2) is 0 Å². The molecule has 0 bridgehead atoms. The van der Waals surface area contributed by atoms with Crippen LogP contribution < -0.4 is 0 Å². The van der Waals surface area contributed by atoms with Crippen molar-refractivity contribution in [2.75, 3.05) is 0 Å². The quantitative estimate of drug-likeness (QED) is 0.365. The minimum atomic E-state index is 0.685. The maximum absolute atomic E-state index is 4.95. The smallest absolute Gasteiger partial charge is 0.0627 e. The topological polar surface area (TPSA) is 0 Å². The molecule has 0 aliphatic carbocycles. The summed E-state index contributed by atoms with van der Waals surface area (Å²) in [5, 5.41) is 2.76. The second kappa shape index (κ2) is 6.94. The van der Waals surface area contributed by atoms with Gasteiger partial charge in [0.2, 0.25) is 0 Å². The molecule has 0 radical (unpaired) electrons. The van der Waals surface area contributed by atoms with E-state index in [0.717, 1.165) is 16.7 Å². The minimum Gasteiger partial charge on any atom is -0.134 e. The van der Waals surface area contributed by atoms with Crippen molar-refractivity contribution in [1.29, 1.82) is 0 Å². The maximum atomic E-state index is 4.95. The lowest BCUT2D eigenvalue weighted by Gasteiger charge is -2.01. The summed E-state index contributed by atoms with van der Waals surface area (Å²) in [7, 11) is 0. The molecule has 0 saturated heterocycles. The van der Waals surface area contributed by atoms with Crippen LogP contribution in [0.4, 0.5) is 0 Å². The molecule has 0 aliphatic heterocycles. The van der Waals surface area contributed by atoms with Crippen LogP contribution in [-0.2, 0) is 0 Å². The van der Waals surface area contributed by atoms with Gasteiger partial charge < -0.3 is 0 Å². The molecule has 0 nitrogen and oxygen atoms in total. The molecule has 92 valence electrons. The molecule has 0 atom stereocenters. The molecular weight excluding hydrogens is 268 g/mol. The first-order chi connectivity index (χ1) is 9.31. The van der Waals surface area contributed by atoms with E-state index in [9.17, 15) is 0 Å². The standard InChI is InChI=1S/C17H12S2/c18-13-16(15-9-5-2-6-10-15)17(19)12-11-14-7-3-1-4-8-14/h1-11,19H. The Morgan fingerprint density at radius 1 is 0.947 bits per heavy atom. The SMILES string of the molecule is S=C=C(C(S)=C=Cc1ccccc1)c1ccccc1. The van der Waals surface area contributed by atoms with Crippen molar-refractivity contribution in [1.82, 2.24) is 0 Å². The molecule has 0 saturated carbocycles. The number of allylic oxidation sites excluding steroid dienone is 1. The number of rotatable bonds is 3. The van der Waals surface area contributed by atoms with Crippen molar-refractivity contribution >= 4 is 41.5 Å². The molecule has 0 unspecified atom stereocenters. The van der Waals surface area contributed by atoms with Crippen LogP contribution in [0, 0.1) is 0 Å². The largest absolute Gasteiger partial charge is 0.134 e. The molecule has 0 heterocycles. The summed E-state index contributed by atoms with van der Waals surface area (Å²) in [5.74, 6) is 0. The van der Waals surface area contributed by atoms with Gasteiger partial charge in [-0.2, -0.15) is 0 Å². The molecule has 0 fully saturated rings. The Labute approximate surface area is 124 Å². The molecule has 2 aromatic rings. The molecule has 0 spiro atoms. The zero-order valence-corrected chi connectivity index (χ0v) is 11.9. The van der Waals surface area contributed by atoms with E-state index in [1.165, 1.54) is 0 Å². The van der Waals surface area contributed by atoms with Gasteiger partial charge in [-0.15, -0.1) is 18.4 Å². The Morgan fingerprint density at radius 3 is 2.11 bits per heavy atom. The zero-order valence-electron chi connectivity index (χ0n) is 10.2. The molecule has 0 aromatic heterocycles. The number of hydrogen-bond donors (Lipinski definition) is 1. The summed E-state index contributed by atoms with van der Waals surface area (Å²) >= 11 is 9.41. The van der Waals surface area contributed by atoms with Crippen molar-refractivity contribution in [3.05, 3.63) is 82.4 Å². The molecule has 0 N–H and O–H groups in total. The van der Waals surface area contributed by atoms with Crippen LogP contribution in [-0.4, -0.2) is 5.02 Å². The fourth-order valence-corrected chi connectivity index (χ4v) is 2.17. The van der Waals surface area contributed by atoms with Crippen molar-refractivity contribution in [3.8, 4) is 0 Å². The average Bonchev–Trinajstić information content (AvgIpc) is 2.48. The van der Waals surface area contributed by atoms with Gasteiger partial charge in [-0.3, -0.25) is 0 Å². The Balaban J connectivity index is 2.36. The minimum absolute atomic E-state index is 0.685. The normalized spacial score (nSPS) is 9.11. The van der Waals surface area contributed by atoms with Crippen LogP contribution in [0.25, 0.3) is 11.6 Å². The molecular formula is C17H12S2. The first-order valence-corrected chi connectivity index (χ1v) is 6.68. The van der Waals surface area contributed by atoms with Gasteiger partial charge in [0.05, 0.1) is 10.5 Å². The Morgan fingerprint density at radius 2 is 1.53 bits per heavy atom. The second-order valence-corrected chi connectivity index (χ2v) is 4.54. The first-order valence-electron chi connectivity index (χ1n) is 5.83. The lowest BCUT2D eigenvalue weighted by molar-refractivity contribution is 1.63. The van der Waals surface area contributed by atoms with Gasteiger partial charge in [0.25, 0.3) is 0 Å². The summed E-state index contributed by atoms with van der Waals surface area (Å²) < 4.78 is 0. The van der Waals surface area contributed by atoms with E-state index in [0.29, 0.717) is 4.91 Å². The van der Waals surface area contributed by atoms with Crippen LogP contribution in [0.1, 0.15) is 11.1 Å². The highest BCUT2D eigenvalue weighted by molar-refractivity contribution is 7.85. The molecule has 2 aromatic carbocycles. The first kappa shape index (κ1) is 13.6. The van der Waals surface area contributed by atoms with E-state index >= 15 is 0 Å². The molecule has 0 amide bonds. The fraction of sp³-hybridized carbons (Fsp3) is 0. The highest BCUT2D eigenvalue weighted by Gasteiger charge is 2.02. The number of benzene rings is 2. The van der Waals surface area contributed by atoms with Crippen LogP contribution in [0.15, 0.2) is 71.3 Å². The summed E-state index contributed by atoms with van der Waals surface area (Å²) in [6.07, 6.45) is 1.89. The summed E-state index contributed by atoms with van der Waals surface area (Å²) in [6, 6.07) is 19.8. The zero-order chi connectivity index (χ0) is 13.5. The average molecular weight is 280 g/mol. The van der Waals surface area contributed by atoms with Crippen molar-refractivity contribution in [2.45, 2.75) is 0 Å². The highest BCUT2D eigenvalue weighted by atomic mass is 32.1. The van der Waals surface area contributed by atoms with E-state index < -0.39 is 0 Å². The fourth-order valence-electron chi connectivity index (χ4n) is 1.62. The lowest BCUT2D eigenvalue weighted by Crippen LogP contribution is -1.83. The van der Waals surface area contributed by atoms with E-state index in [1.807, 2.05) is 66.7 Å². The van der Waals surface area contributed by atoms with Gasteiger partial charge in [0, 0.05) is 0 Å². The number of thiocarbonyl (C=S) groups is 1. The Bertz CT molecular complexity index is 657. The molecule has 2 heteroatoms.